The molecule has 1 aromatic carbocycles. The SMILES string of the molecule is COC(=O)CCc1cccc(N=C=O)c1. The van der Waals surface area contributed by atoms with Crippen LogP contribution in [0, 0.1) is 0 Å². The van der Waals surface area contributed by atoms with Gasteiger partial charge in [-0.15, -0.1) is 0 Å². The Hall–Kier alpha value is -1.93. The van der Waals surface area contributed by atoms with Crippen molar-refractivity contribution < 1.29 is 14.3 Å². The maximum Gasteiger partial charge on any atom is 0.305 e. The molecule has 1 aromatic rings. The summed E-state index contributed by atoms with van der Waals surface area (Å²) in [5, 5.41) is 0. The number of aryl methyl sites for hydroxylation is 1. The van der Waals surface area contributed by atoms with Crippen LogP contribution in [0.25, 0.3) is 0 Å². The van der Waals surface area contributed by atoms with Crippen molar-refractivity contribution in [2.24, 2.45) is 4.99 Å². The highest BCUT2D eigenvalue weighted by Crippen LogP contribution is 2.14. The molecule has 0 amide bonds. The van der Waals surface area contributed by atoms with E-state index in [2.05, 4.69) is 9.73 Å². The maximum atomic E-state index is 10.9. The number of ether oxygens (including phenoxy) is 1. The largest absolute Gasteiger partial charge is 0.469 e. The summed E-state index contributed by atoms with van der Waals surface area (Å²) in [7, 11) is 1.36. The Kier molecular flexibility index (Phi) is 4.26. The molecule has 78 valence electrons. The van der Waals surface area contributed by atoms with Crippen LogP contribution in [0.2, 0.25) is 0 Å². The van der Waals surface area contributed by atoms with Crippen molar-refractivity contribution >= 4 is 17.7 Å². The molecule has 4 nitrogen and oxygen atoms in total. The van der Waals surface area contributed by atoms with Gasteiger partial charge < -0.3 is 4.74 Å². The van der Waals surface area contributed by atoms with Crippen molar-refractivity contribution in [3.63, 3.8) is 0 Å². The van der Waals surface area contributed by atoms with Gasteiger partial charge in [-0.1, -0.05) is 12.1 Å². The Labute approximate surface area is 87.6 Å². The van der Waals surface area contributed by atoms with Gasteiger partial charge in [0, 0.05) is 6.42 Å². The summed E-state index contributed by atoms with van der Waals surface area (Å²) in [6.45, 7) is 0. The van der Waals surface area contributed by atoms with Crippen molar-refractivity contribution in [2.75, 3.05) is 7.11 Å². The number of hydrogen-bond acceptors (Lipinski definition) is 4. The van der Waals surface area contributed by atoms with Crippen molar-refractivity contribution in [1.29, 1.82) is 0 Å². The minimum absolute atomic E-state index is 0.251. The van der Waals surface area contributed by atoms with Crippen molar-refractivity contribution in [1.82, 2.24) is 0 Å². The molecule has 0 aromatic heterocycles. The lowest BCUT2D eigenvalue weighted by molar-refractivity contribution is -0.140. The standard InChI is InChI=1S/C11H11NO3/c1-15-11(14)6-5-9-3-2-4-10(7-9)12-8-13/h2-4,7H,5-6H2,1H3. The first-order valence-corrected chi connectivity index (χ1v) is 4.50. The van der Waals surface area contributed by atoms with E-state index in [1.165, 1.54) is 13.2 Å². The van der Waals surface area contributed by atoms with Crippen LogP contribution >= 0.6 is 0 Å². The number of carbonyl (C=O) groups is 1. The molecule has 0 saturated heterocycles. The lowest BCUT2D eigenvalue weighted by atomic mass is 10.1. The number of carbonyl (C=O) groups excluding carboxylic acids is 2. The van der Waals surface area contributed by atoms with E-state index in [1.54, 1.807) is 18.2 Å². The summed E-state index contributed by atoms with van der Waals surface area (Å²) < 4.78 is 4.52. The van der Waals surface area contributed by atoms with Crippen molar-refractivity contribution in [3.8, 4) is 0 Å². The Morgan fingerprint density at radius 3 is 3.00 bits per heavy atom. The molecule has 0 heterocycles. The summed E-state index contributed by atoms with van der Waals surface area (Å²) in [6.07, 6.45) is 2.37. The van der Waals surface area contributed by atoms with Gasteiger partial charge in [0.05, 0.1) is 12.8 Å². The van der Waals surface area contributed by atoms with Crippen LogP contribution in [0.3, 0.4) is 0 Å². The third-order valence-corrected chi connectivity index (χ3v) is 1.93. The average molecular weight is 205 g/mol. The molecule has 0 aliphatic rings. The number of esters is 1. The molecule has 0 unspecified atom stereocenters. The minimum atomic E-state index is -0.251. The van der Waals surface area contributed by atoms with E-state index < -0.39 is 0 Å². The highest BCUT2D eigenvalue weighted by molar-refractivity contribution is 5.69. The van der Waals surface area contributed by atoms with E-state index >= 15 is 0 Å². The summed E-state index contributed by atoms with van der Waals surface area (Å²) in [5.41, 5.74) is 1.49. The molecule has 0 atom stereocenters. The van der Waals surface area contributed by atoms with E-state index in [4.69, 9.17) is 0 Å². The summed E-state index contributed by atoms with van der Waals surface area (Å²) in [4.78, 5) is 24.4. The van der Waals surface area contributed by atoms with Crippen LogP contribution in [-0.2, 0) is 20.7 Å². The molecule has 0 bridgehead atoms. The quantitative estimate of drug-likeness (QED) is 0.427. The smallest absolute Gasteiger partial charge is 0.305 e. The van der Waals surface area contributed by atoms with E-state index in [-0.39, 0.29) is 5.97 Å². The first kappa shape index (κ1) is 11.1. The van der Waals surface area contributed by atoms with Crippen LogP contribution in [-0.4, -0.2) is 19.2 Å². The Morgan fingerprint density at radius 1 is 1.53 bits per heavy atom. The zero-order valence-electron chi connectivity index (χ0n) is 8.40. The average Bonchev–Trinajstić information content (AvgIpc) is 2.27. The topological polar surface area (TPSA) is 55.7 Å². The second-order valence-electron chi connectivity index (χ2n) is 2.95. The van der Waals surface area contributed by atoms with E-state index in [1.807, 2.05) is 6.07 Å². The molecule has 1 rings (SSSR count). The highest BCUT2D eigenvalue weighted by Gasteiger charge is 2.01. The second kappa shape index (κ2) is 5.73. The van der Waals surface area contributed by atoms with Crippen LogP contribution in [0.1, 0.15) is 12.0 Å². The Bertz CT molecular complexity index is 395. The number of methoxy groups -OCH3 is 1. The zero-order chi connectivity index (χ0) is 11.1. The number of nitrogens with zero attached hydrogens (tertiary/aromatic N) is 1. The van der Waals surface area contributed by atoms with Gasteiger partial charge in [0.25, 0.3) is 0 Å². The lowest BCUT2D eigenvalue weighted by Crippen LogP contribution is -2.01. The van der Waals surface area contributed by atoms with Gasteiger partial charge in [-0.05, 0) is 24.1 Å². The zero-order valence-corrected chi connectivity index (χ0v) is 8.40. The van der Waals surface area contributed by atoms with Gasteiger partial charge in [0.15, 0.2) is 0 Å². The molecule has 4 heteroatoms. The van der Waals surface area contributed by atoms with Gasteiger partial charge in [0.2, 0.25) is 6.08 Å². The number of hydrogen-bond donors (Lipinski definition) is 0. The number of benzene rings is 1. The van der Waals surface area contributed by atoms with Crippen molar-refractivity contribution in [3.05, 3.63) is 29.8 Å². The molecule has 0 aliphatic heterocycles. The lowest BCUT2D eigenvalue weighted by Gasteiger charge is -2.00. The summed E-state index contributed by atoms with van der Waals surface area (Å²) in [6, 6.07) is 7.09. The Balaban J connectivity index is 2.65. The van der Waals surface area contributed by atoms with Gasteiger partial charge in [-0.25, -0.2) is 4.79 Å². The normalized spacial score (nSPS) is 9.13. The predicted molar refractivity (Wildman–Crippen MR) is 54.6 cm³/mol. The fourth-order valence-electron chi connectivity index (χ4n) is 1.18. The molecule has 0 radical (unpaired) electrons. The van der Waals surface area contributed by atoms with Gasteiger partial charge >= 0.3 is 5.97 Å². The molecular weight excluding hydrogens is 194 g/mol. The number of rotatable bonds is 4. The fourth-order valence-corrected chi connectivity index (χ4v) is 1.18. The first-order valence-electron chi connectivity index (χ1n) is 4.50. The highest BCUT2D eigenvalue weighted by atomic mass is 16.5. The van der Waals surface area contributed by atoms with E-state index in [9.17, 15) is 9.59 Å². The van der Waals surface area contributed by atoms with Crippen LogP contribution in [0.5, 0.6) is 0 Å². The molecule has 0 saturated carbocycles. The monoisotopic (exact) mass is 205 g/mol. The fraction of sp³-hybridized carbons (Fsp3) is 0.273. The van der Waals surface area contributed by atoms with Crippen molar-refractivity contribution in [2.45, 2.75) is 12.8 Å². The predicted octanol–water partition coefficient (Wildman–Crippen LogP) is 1.76. The van der Waals surface area contributed by atoms with E-state index in [0.29, 0.717) is 18.5 Å². The van der Waals surface area contributed by atoms with Crippen LogP contribution in [0.4, 0.5) is 5.69 Å². The molecule has 0 aliphatic carbocycles. The third-order valence-electron chi connectivity index (χ3n) is 1.93. The summed E-state index contributed by atoms with van der Waals surface area (Å²) in [5.74, 6) is -0.251. The van der Waals surface area contributed by atoms with Gasteiger partial charge in [0.1, 0.15) is 0 Å². The van der Waals surface area contributed by atoms with Crippen LogP contribution < -0.4 is 0 Å². The number of aliphatic imine (C=N–C) groups is 1. The van der Waals surface area contributed by atoms with Gasteiger partial charge in [-0.2, -0.15) is 4.99 Å². The molecule has 0 spiro atoms. The molecular formula is C11H11NO3. The van der Waals surface area contributed by atoms with Crippen LogP contribution in [0.15, 0.2) is 29.3 Å². The minimum Gasteiger partial charge on any atom is -0.469 e. The summed E-state index contributed by atoms with van der Waals surface area (Å²) >= 11 is 0. The maximum absolute atomic E-state index is 10.9. The Morgan fingerprint density at radius 2 is 2.33 bits per heavy atom. The molecule has 0 fully saturated rings. The second-order valence-corrected chi connectivity index (χ2v) is 2.95. The van der Waals surface area contributed by atoms with E-state index in [0.717, 1.165) is 5.56 Å². The van der Waals surface area contributed by atoms with Gasteiger partial charge in [-0.3, -0.25) is 4.79 Å². The third kappa shape index (κ3) is 3.75. The molecule has 15 heavy (non-hydrogen) atoms. The first-order chi connectivity index (χ1) is 7.26. The number of isocyanates is 1. The molecule has 0 N–H and O–H groups in total.